The lowest BCUT2D eigenvalue weighted by molar-refractivity contribution is -0.167. The molecular weight excluding hydrogens is 310 g/mol. The first kappa shape index (κ1) is 18.3. The number of aliphatic hydroxyl groups is 1. The molecule has 2 saturated heterocycles. The van der Waals surface area contributed by atoms with E-state index in [4.69, 9.17) is 18.9 Å². The summed E-state index contributed by atoms with van der Waals surface area (Å²) in [5.41, 5.74) is 0.718. The zero-order valence-corrected chi connectivity index (χ0v) is 14.9. The molecule has 0 aromatic heterocycles. The van der Waals surface area contributed by atoms with Crippen LogP contribution in [0.5, 0.6) is 0 Å². The fourth-order valence-electron chi connectivity index (χ4n) is 4.57. The quantitative estimate of drug-likeness (QED) is 0.705. The molecule has 138 valence electrons. The third-order valence-corrected chi connectivity index (χ3v) is 5.89. The predicted molar refractivity (Wildman–Crippen MR) is 89.6 cm³/mol. The summed E-state index contributed by atoms with van der Waals surface area (Å²) in [7, 11) is 3.53. The van der Waals surface area contributed by atoms with Gasteiger partial charge >= 0.3 is 0 Å². The molecule has 8 unspecified atom stereocenters. The molecule has 1 aliphatic carbocycles. The molecule has 6 heteroatoms. The van der Waals surface area contributed by atoms with Gasteiger partial charge in [-0.05, 0) is 31.8 Å². The van der Waals surface area contributed by atoms with Crippen LogP contribution in [0.3, 0.4) is 0 Å². The van der Waals surface area contributed by atoms with Crippen molar-refractivity contribution in [2.75, 3.05) is 27.4 Å². The standard InChI is InChI=1S/C18H31NO5/c1-10(2)13(20)9-24-14-6-5-11-15(17(14)22-4)19-18-12(7-8-23-18)16(11)21-3/h11-20H,1,5-9H2,2-4H3. The van der Waals surface area contributed by atoms with Gasteiger partial charge in [-0.2, -0.15) is 0 Å². The van der Waals surface area contributed by atoms with Crippen molar-refractivity contribution in [2.45, 2.75) is 62.9 Å². The Morgan fingerprint density at radius 1 is 1.21 bits per heavy atom. The second-order valence-corrected chi connectivity index (χ2v) is 7.31. The molecule has 24 heavy (non-hydrogen) atoms. The fourth-order valence-corrected chi connectivity index (χ4v) is 4.57. The maximum Gasteiger partial charge on any atom is 0.113 e. The Labute approximate surface area is 144 Å². The van der Waals surface area contributed by atoms with E-state index >= 15 is 0 Å². The summed E-state index contributed by atoms with van der Waals surface area (Å²) in [5.74, 6) is 0.810. The van der Waals surface area contributed by atoms with Crippen molar-refractivity contribution in [2.24, 2.45) is 11.8 Å². The van der Waals surface area contributed by atoms with Gasteiger partial charge in [0.15, 0.2) is 0 Å². The molecule has 0 amide bonds. The molecule has 3 fully saturated rings. The van der Waals surface area contributed by atoms with Crippen molar-refractivity contribution in [3.8, 4) is 0 Å². The van der Waals surface area contributed by atoms with Crippen molar-refractivity contribution in [1.29, 1.82) is 0 Å². The molecule has 2 N–H and O–H groups in total. The zero-order valence-electron chi connectivity index (χ0n) is 14.9. The Morgan fingerprint density at radius 3 is 2.62 bits per heavy atom. The molecule has 2 aliphatic heterocycles. The normalized spacial score (nSPS) is 43.1. The van der Waals surface area contributed by atoms with Crippen molar-refractivity contribution in [3.05, 3.63) is 12.2 Å². The second-order valence-electron chi connectivity index (χ2n) is 7.31. The minimum Gasteiger partial charge on any atom is -0.386 e. The van der Waals surface area contributed by atoms with E-state index in [0.29, 0.717) is 11.8 Å². The van der Waals surface area contributed by atoms with Crippen LogP contribution < -0.4 is 5.32 Å². The van der Waals surface area contributed by atoms with Gasteiger partial charge in [0, 0.05) is 38.7 Å². The van der Waals surface area contributed by atoms with E-state index in [1.807, 2.05) is 6.92 Å². The van der Waals surface area contributed by atoms with Crippen LogP contribution in [0.4, 0.5) is 0 Å². The van der Waals surface area contributed by atoms with Crippen LogP contribution in [0.15, 0.2) is 12.2 Å². The summed E-state index contributed by atoms with van der Waals surface area (Å²) in [6.07, 6.45) is 2.44. The predicted octanol–water partition coefficient (Wildman–Crippen LogP) is 1.08. The lowest BCUT2D eigenvalue weighted by Gasteiger charge is -2.51. The lowest BCUT2D eigenvalue weighted by Crippen LogP contribution is -2.66. The first-order valence-electron chi connectivity index (χ1n) is 8.95. The molecule has 0 spiro atoms. The number of aliphatic hydroxyl groups excluding tert-OH is 1. The van der Waals surface area contributed by atoms with Crippen molar-refractivity contribution >= 4 is 0 Å². The summed E-state index contributed by atoms with van der Waals surface area (Å²) in [6.45, 7) is 6.62. The van der Waals surface area contributed by atoms with Crippen molar-refractivity contribution in [3.63, 3.8) is 0 Å². The van der Waals surface area contributed by atoms with E-state index in [1.165, 1.54) is 0 Å². The fraction of sp³-hybridized carbons (Fsp3) is 0.889. The third kappa shape index (κ3) is 3.41. The third-order valence-electron chi connectivity index (χ3n) is 5.89. The molecule has 8 atom stereocenters. The molecule has 2 heterocycles. The number of hydrogen-bond donors (Lipinski definition) is 2. The van der Waals surface area contributed by atoms with Crippen LogP contribution in [0.25, 0.3) is 0 Å². The Hall–Kier alpha value is -0.500. The Balaban J connectivity index is 1.69. The van der Waals surface area contributed by atoms with Crippen LogP contribution in [-0.4, -0.2) is 69.2 Å². The largest absolute Gasteiger partial charge is 0.386 e. The average Bonchev–Trinajstić information content (AvgIpc) is 3.04. The molecule has 1 saturated carbocycles. The van der Waals surface area contributed by atoms with Gasteiger partial charge in [-0.3, -0.25) is 5.32 Å². The SMILES string of the molecule is C=C(C)C(O)COC1CCC2C(NC3OCCC3C2OC)C1OC. The zero-order chi connectivity index (χ0) is 17.3. The topological polar surface area (TPSA) is 69.2 Å². The molecular formula is C18H31NO5. The molecule has 0 aromatic carbocycles. The summed E-state index contributed by atoms with van der Waals surface area (Å²) >= 11 is 0. The van der Waals surface area contributed by atoms with E-state index in [-0.39, 0.29) is 37.2 Å². The van der Waals surface area contributed by atoms with Gasteiger partial charge in [-0.15, -0.1) is 0 Å². The van der Waals surface area contributed by atoms with Crippen LogP contribution in [0.2, 0.25) is 0 Å². The first-order valence-corrected chi connectivity index (χ1v) is 8.95. The average molecular weight is 341 g/mol. The van der Waals surface area contributed by atoms with Gasteiger partial charge < -0.3 is 24.1 Å². The number of rotatable bonds is 6. The molecule has 0 radical (unpaired) electrons. The second kappa shape index (κ2) is 7.81. The van der Waals surface area contributed by atoms with E-state index in [2.05, 4.69) is 11.9 Å². The molecule has 3 rings (SSSR count). The van der Waals surface area contributed by atoms with Crippen LogP contribution >= 0.6 is 0 Å². The number of hydrogen-bond acceptors (Lipinski definition) is 6. The van der Waals surface area contributed by atoms with Crippen LogP contribution in [-0.2, 0) is 18.9 Å². The highest BCUT2D eigenvalue weighted by Gasteiger charge is 2.53. The first-order chi connectivity index (χ1) is 11.6. The Kier molecular flexibility index (Phi) is 5.95. The molecule has 0 bridgehead atoms. The van der Waals surface area contributed by atoms with Gasteiger partial charge in [-0.25, -0.2) is 0 Å². The number of ether oxygens (including phenoxy) is 4. The van der Waals surface area contributed by atoms with Gasteiger partial charge in [0.05, 0.1) is 31.0 Å². The number of methoxy groups -OCH3 is 2. The minimum atomic E-state index is -0.631. The Morgan fingerprint density at radius 2 is 1.96 bits per heavy atom. The van der Waals surface area contributed by atoms with Gasteiger partial charge in [0.2, 0.25) is 0 Å². The van der Waals surface area contributed by atoms with Gasteiger partial charge in [0.25, 0.3) is 0 Å². The van der Waals surface area contributed by atoms with E-state index in [1.54, 1.807) is 14.2 Å². The highest BCUT2D eigenvalue weighted by atomic mass is 16.5. The summed E-state index contributed by atoms with van der Waals surface area (Å²) in [6, 6.07) is 0.139. The summed E-state index contributed by atoms with van der Waals surface area (Å²) in [5, 5.41) is 13.6. The van der Waals surface area contributed by atoms with Gasteiger partial charge in [0.1, 0.15) is 6.23 Å². The van der Waals surface area contributed by atoms with Crippen LogP contribution in [0, 0.1) is 11.8 Å². The van der Waals surface area contributed by atoms with Crippen molar-refractivity contribution in [1.82, 2.24) is 5.32 Å². The number of nitrogens with one attached hydrogen (secondary N) is 1. The van der Waals surface area contributed by atoms with Crippen LogP contribution in [0.1, 0.15) is 26.2 Å². The maximum absolute atomic E-state index is 9.93. The summed E-state index contributed by atoms with van der Waals surface area (Å²) in [4.78, 5) is 0. The number of piperidine rings is 1. The smallest absolute Gasteiger partial charge is 0.113 e. The number of fused-ring (bicyclic) bond motifs is 2. The molecule has 3 aliphatic rings. The van der Waals surface area contributed by atoms with E-state index in [9.17, 15) is 5.11 Å². The van der Waals surface area contributed by atoms with E-state index in [0.717, 1.165) is 31.4 Å². The van der Waals surface area contributed by atoms with E-state index < -0.39 is 6.10 Å². The van der Waals surface area contributed by atoms with Crippen molar-refractivity contribution < 1.29 is 24.1 Å². The monoisotopic (exact) mass is 341 g/mol. The molecule has 0 aromatic rings. The minimum absolute atomic E-state index is 0.0357. The summed E-state index contributed by atoms with van der Waals surface area (Å²) < 4.78 is 23.5. The van der Waals surface area contributed by atoms with Gasteiger partial charge in [-0.1, -0.05) is 6.58 Å². The maximum atomic E-state index is 9.93. The molecule has 6 nitrogen and oxygen atoms in total. The highest BCUT2D eigenvalue weighted by Crippen LogP contribution is 2.42. The Bertz CT molecular complexity index is 445. The lowest BCUT2D eigenvalue weighted by atomic mass is 9.70. The highest BCUT2D eigenvalue weighted by molar-refractivity contribution is 5.05.